The van der Waals surface area contributed by atoms with Gasteiger partial charge in [-0.3, -0.25) is 0 Å². The SMILES string of the molecule is O=C(O)N[C@@H](CC1CCCCC1)[C@H](O)CCl. The van der Waals surface area contributed by atoms with E-state index in [2.05, 4.69) is 5.32 Å². The Hall–Kier alpha value is -0.480. The molecule has 1 aliphatic carbocycles. The van der Waals surface area contributed by atoms with Crippen molar-refractivity contribution in [3.63, 3.8) is 0 Å². The molecule has 0 aliphatic heterocycles. The van der Waals surface area contributed by atoms with E-state index >= 15 is 0 Å². The summed E-state index contributed by atoms with van der Waals surface area (Å²) in [7, 11) is 0. The highest BCUT2D eigenvalue weighted by molar-refractivity contribution is 6.18. The fourth-order valence-corrected chi connectivity index (χ4v) is 2.58. The minimum Gasteiger partial charge on any atom is -0.465 e. The van der Waals surface area contributed by atoms with Gasteiger partial charge >= 0.3 is 6.09 Å². The molecule has 1 aliphatic rings. The molecule has 1 saturated carbocycles. The lowest BCUT2D eigenvalue weighted by Crippen LogP contribution is -2.45. The summed E-state index contributed by atoms with van der Waals surface area (Å²) in [6.07, 6.45) is 4.76. The van der Waals surface area contributed by atoms with Crippen LogP contribution in [-0.4, -0.2) is 34.3 Å². The molecule has 0 aromatic heterocycles. The third-order valence-electron chi connectivity index (χ3n) is 3.24. The van der Waals surface area contributed by atoms with Crippen molar-refractivity contribution in [2.45, 2.75) is 50.7 Å². The zero-order chi connectivity index (χ0) is 12.0. The molecule has 1 fully saturated rings. The van der Waals surface area contributed by atoms with Gasteiger partial charge in [0.1, 0.15) is 0 Å². The normalized spacial score (nSPS) is 21.4. The van der Waals surface area contributed by atoms with Crippen LogP contribution in [0.25, 0.3) is 0 Å². The van der Waals surface area contributed by atoms with E-state index in [0.29, 0.717) is 12.3 Å². The van der Waals surface area contributed by atoms with Crippen LogP contribution in [-0.2, 0) is 0 Å². The highest BCUT2D eigenvalue weighted by Crippen LogP contribution is 2.28. The molecular formula is C11H20ClNO3. The van der Waals surface area contributed by atoms with Crippen molar-refractivity contribution in [3.8, 4) is 0 Å². The number of hydrogen-bond donors (Lipinski definition) is 3. The first-order valence-corrected chi connectivity index (χ1v) is 6.40. The van der Waals surface area contributed by atoms with E-state index in [9.17, 15) is 9.90 Å². The van der Waals surface area contributed by atoms with Gasteiger partial charge in [-0.05, 0) is 12.3 Å². The van der Waals surface area contributed by atoms with E-state index < -0.39 is 18.2 Å². The highest BCUT2D eigenvalue weighted by Gasteiger charge is 2.25. The molecule has 0 spiro atoms. The lowest BCUT2D eigenvalue weighted by atomic mass is 9.84. The lowest BCUT2D eigenvalue weighted by molar-refractivity contribution is 0.118. The van der Waals surface area contributed by atoms with E-state index in [1.807, 2.05) is 0 Å². The number of halogens is 1. The molecule has 0 heterocycles. The standard InChI is InChI=1S/C11H20ClNO3/c12-7-10(14)9(13-11(15)16)6-8-4-2-1-3-5-8/h8-10,13-14H,1-7H2,(H,15,16)/t9-,10+/m0/s1. The maximum atomic E-state index is 10.6. The van der Waals surface area contributed by atoms with Gasteiger partial charge in [0.05, 0.1) is 18.0 Å². The van der Waals surface area contributed by atoms with Crippen molar-refractivity contribution in [2.75, 3.05) is 5.88 Å². The number of carbonyl (C=O) groups is 1. The van der Waals surface area contributed by atoms with Crippen LogP contribution >= 0.6 is 11.6 Å². The zero-order valence-electron chi connectivity index (χ0n) is 9.36. The summed E-state index contributed by atoms with van der Waals surface area (Å²) in [6.45, 7) is 0. The van der Waals surface area contributed by atoms with Crippen LogP contribution in [0.2, 0.25) is 0 Å². The number of amides is 1. The second-order valence-electron chi connectivity index (χ2n) is 4.52. The summed E-state index contributed by atoms with van der Waals surface area (Å²) in [6, 6.07) is -0.432. The summed E-state index contributed by atoms with van der Waals surface area (Å²) in [5, 5.41) is 20.7. The first-order chi connectivity index (χ1) is 7.63. The second kappa shape index (κ2) is 6.97. The third-order valence-corrected chi connectivity index (χ3v) is 3.56. The number of aliphatic hydroxyl groups excluding tert-OH is 1. The predicted molar refractivity (Wildman–Crippen MR) is 62.9 cm³/mol. The molecule has 0 aromatic rings. The molecule has 1 rings (SSSR count). The molecule has 0 aromatic carbocycles. The minimum atomic E-state index is -1.09. The Bertz CT molecular complexity index is 219. The first kappa shape index (κ1) is 13.6. The van der Waals surface area contributed by atoms with Gasteiger partial charge in [-0.2, -0.15) is 0 Å². The molecule has 2 atom stereocenters. The molecule has 4 nitrogen and oxygen atoms in total. The molecule has 0 saturated heterocycles. The monoisotopic (exact) mass is 249 g/mol. The number of carboxylic acid groups (broad SMARTS) is 1. The number of nitrogens with one attached hydrogen (secondary N) is 1. The van der Waals surface area contributed by atoms with Crippen molar-refractivity contribution in [2.24, 2.45) is 5.92 Å². The molecule has 3 N–H and O–H groups in total. The highest BCUT2D eigenvalue weighted by atomic mass is 35.5. The average Bonchev–Trinajstić information content (AvgIpc) is 2.28. The van der Waals surface area contributed by atoms with Crippen LogP contribution in [0, 0.1) is 5.92 Å². The summed E-state index contributed by atoms with van der Waals surface area (Å²) < 4.78 is 0. The van der Waals surface area contributed by atoms with E-state index in [4.69, 9.17) is 16.7 Å². The largest absolute Gasteiger partial charge is 0.465 e. The van der Waals surface area contributed by atoms with Crippen molar-refractivity contribution >= 4 is 17.7 Å². The molecule has 0 radical (unpaired) electrons. The van der Waals surface area contributed by atoms with E-state index in [0.717, 1.165) is 12.8 Å². The third kappa shape index (κ3) is 4.58. The summed E-state index contributed by atoms with van der Waals surface area (Å²) in [5.41, 5.74) is 0. The van der Waals surface area contributed by atoms with Crippen LogP contribution < -0.4 is 5.32 Å². The van der Waals surface area contributed by atoms with Crippen molar-refractivity contribution in [3.05, 3.63) is 0 Å². The van der Waals surface area contributed by atoms with E-state index in [1.165, 1.54) is 19.3 Å². The molecule has 0 unspecified atom stereocenters. The molecule has 94 valence electrons. The van der Waals surface area contributed by atoms with Crippen molar-refractivity contribution in [1.29, 1.82) is 0 Å². The predicted octanol–water partition coefficient (Wildman–Crippen LogP) is 2.19. The van der Waals surface area contributed by atoms with Crippen LogP contribution in [0.1, 0.15) is 38.5 Å². The Kier molecular flexibility index (Phi) is 5.91. The van der Waals surface area contributed by atoms with Crippen LogP contribution in [0.3, 0.4) is 0 Å². The van der Waals surface area contributed by atoms with Crippen molar-refractivity contribution in [1.82, 2.24) is 5.32 Å². The maximum absolute atomic E-state index is 10.6. The zero-order valence-corrected chi connectivity index (χ0v) is 10.1. The van der Waals surface area contributed by atoms with Gasteiger partial charge in [0.15, 0.2) is 0 Å². The first-order valence-electron chi connectivity index (χ1n) is 5.87. The number of hydrogen-bond acceptors (Lipinski definition) is 2. The fourth-order valence-electron chi connectivity index (χ4n) is 2.36. The van der Waals surface area contributed by atoms with Crippen molar-refractivity contribution < 1.29 is 15.0 Å². The molecule has 5 heteroatoms. The van der Waals surface area contributed by atoms with Gasteiger partial charge in [-0.25, -0.2) is 4.79 Å². The summed E-state index contributed by atoms with van der Waals surface area (Å²) >= 11 is 5.56. The topological polar surface area (TPSA) is 69.6 Å². The Morgan fingerprint density at radius 3 is 2.50 bits per heavy atom. The van der Waals surface area contributed by atoms with Crippen LogP contribution in [0.5, 0.6) is 0 Å². The smallest absolute Gasteiger partial charge is 0.404 e. The van der Waals surface area contributed by atoms with Gasteiger partial charge in [0.2, 0.25) is 0 Å². The molecule has 1 amide bonds. The van der Waals surface area contributed by atoms with Crippen LogP contribution in [0.15, 0.2) is 0 Å². The molecule has 0 bridgehead atoms. The van der Waals surface area contributed by atoms with Gasteiger partial charge < -0.3 is 15.5 Å². The summed E-state index contributed by atoms with van der Waals surface area (Å²) in [4.78, 5) is 10.6. The molecule has 16 heavy (non-hydrogen) atoms. The maximum Gasteiger partial charge on any atom is 0.404 e. The minimum absolute atomic E-state index is 0.0671. The number of rotatable bonds is 5. The Morgan fingerprint density at radius 2 is 2.00 bits per heavy atom. The quantitative estimate of drug-likeness (QED) is 0.654. The van der Waals surface area contributed by atoms with E-state index in [1.54, 1.807) is 0 Å². The number of aliphatic hydroxyl groups is 1. The van der Waals surface area contributed by atoms with Gasteiger partial charge in [-0.1, -0.05) is 32.1 Å². The Labute approximate surface area is 101 Å². The van der Waals surface area contributed by atoms with Crippen LogP contribution in [0.4, 0.5) is 4.79 Å². The van der Waals surface area contributed by atoms with E-state index in [-0.39, 0.29) is 5.88 Å². The molecular weight excluding hydrogens is 230 g/mol. The van der Waals surface area contributed by atoms with Gasteiger partial charge in [-0.15, -0.1) is 11.6 Å². The lowest BCUT2D eigenvalue weighted by Gasteiger charge is -2.28. The average molecular weight is 250 g/mol. The van der Waals surface area contributed by atoms with Gasteiger partial charge in [0, 0.05) is 0 Å². The van der Waals surface area contributed by atoms with Gasteiger partial charge in [0.25, 0.3) is 0 Å². The summed E-state index contributed by atoms with van der Waals surface area (Å²) in [5.74, 6) is 0.584. The Morgan fingerprint density at radius 1 is 1.38 bits per heavy atom. The fraction of sp³-hybridized carbons (Fsp3) is 0.909. The second-order valence-corrected chi connectivity index (χ2v) is 4.83. The number of alkyl halides is 1. The Balaban J connectivity index is 2.44.